The molecular weight excluding hydrogens is 630 g/mol. The maximum atomic E-state index is 10.9. The van der Waals surface area contributed by atoms with E-state index in [1.54, 1.807) is 12.3 Å². The van der Waals surface area contributed by atoms with E-state index in [0.29, 0.717) is 48.0 Å². The molecule has 11 heteroatoms. The van der Waals surface area contributed by atoms with Gasteiger partial charge >= 0.3 is 5.97 Å². The summed E-state index contributed by atoms with van der Waals surface area (Å²) in [5, 5.41) is 36.3. The van der Waals surface area contributed by atoms with E-state index in [1.807, 2.05) is 49.5 Å². The van der Waals surface area contributed by atoms with Crippen LogP contribution in [-0.2, 0) is 17.9 Å². The Labute approximate surface area is 289 Å². The van der Waals surface area contributed by atoms with Crippen LogP contribution in [0.5, 0.6) is 0 Å². The van der Waals surface area contributed by atoms with E-state index in [9.17, 15) is 15.2 Å². The highest BCUT2D eigenvalue weighted by molar-refractivity contribution is 5.91. The van der Waals surface area contributed by atoms with Crippen LogP contribution in [-0.4, -0.2) is 61.8 Å². The summed E-state index contributed by atoms with van der Waals surface area (Å²) in [6.07, 6.45) is 4.25. The van der Waals surface area contributed by atoms with Gasteiger partial charge in [-0.15, -0.1) is 0 Å². The number of hydrogen-bond acceptors (Lipinski definition) is 10. The van der Waals surface area contributed by atoms with Gasteiger partial charge in [0.2, 0.25) is 5.89 Å². The normalized spacial score (nSPS) is 14.7. The first kappa shape index (κ1) is 32.9. The number of pyridine rings is 2. The number of carbonyl (C=O) groups is 1. The van der Waals surface area contributed by atoms with Gasteiger partial charge in [-0.25, -0.2) is 9.97 Å². The van der Waals surface area contributed by atoms with Gasteiger partial charge in [0.05, 0.1) is 18.1 Å². The van der Waals surface area contributed by atoms with Crippen LogP contribution in [0.15, 0.2) is 77.5 Å². The Bertz CT molecular complexity index is 2280. The van der Waals surface area contributed by atoms with Crippen LogP contribution in [0.4, 0.5) is 11.5 Å². The average molecular weight is 668 g/mol. The zero-order valence-electron chi connectivity index (χ0n) is 27.9. The summed E-state index contributed by atoms with van der Waals surface area (Å²) >= 11 is 0. The second kappa shape index (κ2) is 14.1. The summed E-state index contributed by atoms with van der Waals surface area (Å²) < 4.78 is 6.21. The molecule has 0 radical (unpaired) electrons. The minimum Gasteiger partial charge on any atom is -0.481 e. The third-order valence-corrected chi connectivity index (χ3v) is 9.27. The van der Waals surface area contributed by atoms with Crippen molar-refractivity contribution in [3.05, 3.63) is 101 Å². The number of aliphatic hydroxyl groups is 1. The van der Waals surface area contributed by atoms with Gasteiger partial charge in [-0.1, -0.05) is 24.3 Å². The quantitative estimate of drug-likeness (QED) is 0.112. The number of benzene rings is 3. The van der Waals surface area contributed by atoms with Crippen LogP contribution in [0.2, 0.25) is 0 Å². The topological polar surface area (TPSA) is 160 Å². The molecule has 0 spiro atoms. The Morgan fingerprint density at radius 1 is 1.04 bits per heavy atom. The molecule has 11 nitrogen and oxygen atoms in total. The molecule has 0 bridgehead atoms. The third kappa shape index (κ3) is 6.77. The van der Waals surface area contributed by atoms with E-state index in [4.69, 9.17) is 19.5 Å². The Hall–Kier alpha value is -5.67. The van der Waals surface area contributed by atoms with Crippen LogP contribution in [0.3, 0.4) is 0 Å². The van der Waals surface area contributed by atoms with Crippen LogP contribution in [0, 0.1) is 25.2 Å². The molecule has 50 heavy (non-hydrogen) atoms. The van der Waals surface area contributed by atoms with Crippen molar-refractivity contribution in [2.24, 2.45) is 0 Å². The van der Waals surface area contributed by atoms with Gasteiger partial charge in [-0.2, -0.15) is 5.26 Å². The van der Waals surface area contributed by atoms with Crippen LogP contribution >= 0.6 is 0 Å². The van der Waals surface area contributed by atoms with Gasteiger partial charge in [0.25, 0.3) is 0 Å². The summed E-state index contributed by atoms with van der Waals surface area (Å²) in [6.45, 7) is 7.18. The van der Waals surface area contributed by atoms with E-state index in [0.717, 1.165) is 75.0 Å². The lowest BCUT2D eigenvalue weighted by atomic mass is 9.93. The highest BCUT2D eigenvalue weighted by Crippen LogP contribution is 2.37. The third-order valence-electron chi connectivity index (χ3n) is 9.27. The summed E-state index contributed by atoms with van der Waals surface area (Å²) in [5.74, 6) is 0.227. The molecule has 1 atom stereocenters. The zero-order chi connectivity index (χ0) is 34.8. The van der Waals surface area contributed by atoms with Crippen molar-refractivity contribution in [2.45, 2.75) is 45.9 Å². The number of oxazole rings is 1. The van der Waals surface area contributed by atoms with Crippen molar-refractivity contribution in [2.75, 3.05) is 25.0 Å². The second-order valence-corrected chi connectivity index (χ2v) is 12.8. The molecule has 3 aromatic carbocycles. The van der Waals surface area contributed by atoms with Gasteiger partial charge in [0.1, 0.15) is 17.1 Å². The highest BCUT2D eigenvalue weighted by Gasteiger charge is 2.21. The van der Waals surface area contributed by atoms with Crippen molar-refractivity contribution in [1.82, 2.24) is 25.2 Å². The molecule has 7 rings (SSSR count). The molecule has 6 aromatic rings. The van der Waals surface area contributed by atoms with Crippen molar-refractivity contribution in [3.63, 3.8) is 0 Å². The largest absolute Gasteiger partial charge is 0.481 e. The summed E-state index contributed by atoms with van der Waals surface area (Å²) in [6, 6.07) is 22.1. The summed E-state index contributed by atoms with van der Waals surface area (Å²) in [4.78, 5) is 27.3. The lowest BCUT2D eigenvalue weighted by molar-refractivity contribution is -0.136. The maximum Gasteiger partial charge on any atom is 0.304 e. The zero-order valence-corrected chi connectivity index (χ0v) is 27.9. The molecule has 0 unspecified atom stereocenters. The number of anilines is 2. The number of aliphatic carboxylic acids is 1. The number of rotatable bonds is 11. The van der Waals surface area contributed by atoms with Crippen molar-refractivity contribution >= 4 is 39.5 Å². The van der Waals surface area contributed by atoms with E-state index >= 15 is 0 Å². The number of nitriles is 1. The SMILES string of the molecule is Cc1c(Nc2nccc3cc(CN4CC[C@@H](O)C4)cnc23)cccc1-c1cccc(-c2nc3cc(CNCCC(=O)O)cc(C#N)c3o2)c1C. The summed E-state index contributed by atoms with van der Waals surface area (Å²) in [7, 11) is 0. The van der Waals surface area contributed by atoms with E-state index in [-0.39, 0.29) is 12.5 Å². The Morgan fingerprint density at radius 3 is 2.62 bits per heavy atom. The van der Waals surface area contributed by atoms with E-state index in [2.05, 4.69) is 51.7 Å². The van der Waals surface area contributed by atoms with Gasteiger partial charge in [-0.05, 0) is 90.0 Å². The number of carboxylic acids is 1. The molecule has 0 amide bonds. The fourth-order valence-corrected chi connectivity index (χ4v) is 6.67. The molecule has 4 heterocycles. The van der Waals surface area contributed by atoms with Gasteiger partial charge < -0.3 is 25.3 Å². The molecule has 4 N–H and O–H groups in total. The molecule has 3 aromatic heterocycles. The summed E-state index contributed by atoms with van der Waals surface area (Å²) in [5.41, 5.74) is 9.89. The molecule has 0 aliphatic carbocycles. The number of hydrogen-bond donors (Lipinski definition) is 4. The standard InChI is InChI=1S/C39H37N7O4/c1-23-30(5-3-7-32(23)39-45-34-17-25(19-41-12-10-35(48)49)15-28(18-40)37(34)50-39)31-6-4-8-33(24(31)2)44-38-36-27(9-13-42-38)16-26(20-43-36)21-46-14-11-29(47)22-46/h3-9,13,15-17,20,29,41,47H,10-12,14,19,21-22H2,1-2H3,(H,42,44)(H,48,49)/t29-/m1/s1. The first-order chi connectivity index (χ1) is 24.3. The van der Waals surface area contributed by atoms with Gasteiger partial charge in [0.15, 0.2) is 11.4 Å². The molecule has 0 saturated carbocycles. The number of nitrogens with zero attached hydrogens (tertiary/aromatic N) is 5. The number of aromatic nitrogens is 3. The molecule has 252 valence electrons. The lowest BCUT2D eigenvalue weighted by Gasteiger charge is -2.17. The number of likely N-dealkylation sites (tertiary alicyclic amines) is 1. The minimum absolute atomic E-state index is 0.0140. The average Bonchev–Trinajstić information content (AvgIpc) is 3.73. The second-order valence-electron chi connectivity index (χ2n) is 12.8. The number of carboxylic acid groups (broad SMARTS) is 1. The molecule has 1 fully saturated rings. The van der Waals surface area contributed by atoms with E-state index < -0.39 is 5.97 Å². The molecular formula is C39H37N7O4. The number of nitrogens with one attached hydrogen (secondary N) is 2. The predicted molar refractivity (Wildman–Crippen MR) is 192 cm³/mol. The first-order valence-electron chi connectivity index (χ1n) is 16.6. The molecule has 1 aliphatic heterocycles. The predicted octanol–water partition coefficient (Wildman–Crippen LogP) is 6.47. The van der Waals surface area contributed by atoms with Crippen LogP contribution in [0.1, 0.15) is 40.7 Å². The van der Waals surface area contributed by atoms with Crippen LogP contribution < -0.4 is 10.6 Å². The Morgan fingerprint density at radius 2 is 1.84 bits per heavy atom. The Kier molecular flexibility index (Phi) is 9.23. The first-order valence-corrected chi connectivity index (χ1v) is 16.6. The van der Waals surface area contributed by atoms with Crippen molar-refractivity contribution < 1.29 is 19.4 Å². The molecule has 1 aliphatic rings. The van der Waals surface area contributed by atoms with Gasteiger partial charge in [-0.3, -0.25) is 14.7 Å². The minimum atomic E-state index is -0.868. The number of aliphatic hydroxyl groups excluding tert-OH is 1. The highest BCUT2D eigenvalue weighted by atomic mass is 16.4. The monoisotopic (exact) mass is 667 g/mol. The van der Waals surface area contributed by atoms with E-state index in [1.165, 1.54) is 0 Å². The van der Waals surface area contributed by atoms with Crippen molar-refractivity contribution in [3.8, 4) is 28.7 Å². The maximum absolute atomic E-state index is 10.9. The van der Waals surface area contributed by atoms with Crippen LogP contribution in [0.25, 0.3) is 44.6 Å². The molecule has 1 saturated heterocycles. The van der Waals surface area contributed by atoms with Gasteiger partial charge in [0, 0.05) is 61.8 Å². The number of β-amino-alcohol motifs (C(OH)–C–C–N with tert-alkyl or cyclic N) is 1. The number of fused-ring (bicyclic) bond motifs is 2. The van der Waals surface area contributed by atoms with Crippen molar-refractivity contribution in [1.29, 1.82) is 5.26 Å². The smallest absolute Gasteiger partial charge is 0.304 e. The Balaban J connectivity index is 1.16. The lowest BCUT2D eigenvalue weighted by Crippen LogP contribution is -2.21. The fourth-order valence-electron chi connectivity index (χ4n) is 6.67. The fraction of sp³-hybridized carbons (Fsp3) is 0.256.